The molecule has 188 valence electrons. The number of nitrogens with one attached hydrogen (secondary N) is 1. The fourth-order valence-electron chi connectivity index (χ4n) is 3.88. The van der Waals surface area contributed by atoms with Gasteiger partial charge in [0.25, 0.3) is 5.91 Å². The second-order valence-corrected chi connectivity index (χ2v) is 9.50. The van der Waals surface area contributed by atoms with Crippen LogP contribution in [0, 0.1) is 0 Å². The molecule has 0 aliphatic heterocycles. The molecule has 36 heavy (non-hydrogen) atoms. The van der Waals surface area contributed by atoms with Crippen LogP contribution >= 0.6 is 0 Å². The molecule has 0 bridgehead atoms. The first-order chi connectivity index (χ1) is 17.2. The van der Waals surface area contributed by atoms with Crippen LogP contribution in [0.1, 0.15) is 42.5 Å². The summed E-state index contributed by atoms with van der Waals surface area (Å²) in [5, 5.41) is 7.75. The Balaban J connectivity index is 1.64. The molecule has 0 aliphatic rings. The van der Waals surface area contributed by atoms with Gasteiger partial charge in [0.05, 0.1) is 32.7 Å². The van der Waals surface area contributed by atoms with Gasteiger partial charge in [-0.1, -0.05) is 39.0 Å². The van der Waals surface area contributed by atoms with Gasteiger partial charge in [-0.15, -0.1) is 0 Å². The molecule has 0 saturated heterocycles. The Hall–Kier alpha value is -4.07. The van der Waals surface area contributed by atoms with Crippen LogP contribution in [0.3, 0.4) is 0 Å². The lowest BCUT2D eigenvalue weighted by Crippen LogP contribution is -2.28. The minimum absolute atomic E-state index is 0.189. The van der Waals surface area contributed by atoms with E-state index in [2.05, 4.69) is 26.1 Å². The van der Waals surface area contributed by atoms with Crippen molar-refractivity contribution in [1.82, 2.24) is 19.9 Å². The van der Waals surface area contributed by atoms with Gasteiger partial charge in [0, 0.05) is 23.6 Å². The number of nitrogens with zero attached hydrogens (tertiary/aromatic N) is 3. The van der Waals surface area contributed by atoms with Crippen LogP contribution in [-0.2, 0) is 11.8 Å². The first kappa shape index (κ1) is 25.0. The van der Waals surface area contributed by atoms with Crippen molar-refractivity contribution >= 4 is 11.6 Å². The summed E-state index contributed by atoms with van der Waals surface area (Å²) in [5.74, 6) is 1.82. The molecule has 2 aromatic heterocycles. The molecule has 2 aromatic carbocycles. The van der Waals surface area contributed by atoms with E-state index >= 15 is 0 Å². The molecule has 8 heteroatoms. The van der Waals surface area contributed by atoms with Gasteiger partial charge in [0.2, 0.25) is 0 Å². The molecule has 1 amide bonds. The largest absolute Gasteiger partial charge is 0.497 e. The van der Waals surface area contributed by atoms with E-state index in [-0.39, 0.29) is 11.3 Å². The maximum absolute atomic E-state index is 13.4. The molecule has 0 saturated carbocycles. The summed E-state index contributed by atoms with van der Waals surface area (Å²) in [6.45, 7) is 6.70. The van der Waals surface area contributed by atoms with Crippen LogP contribution in [-0.4, -0.2) is 48.4 Å². The molecular weight excluding hydrogens is 456 g/mol. The topological polar surface area (TPSA) is 87.0 Å². The van der Waals surface area contributed by atoms with Gasteiger partial charge in [-0.25, -0.2) is 9.50 Å². The number of ether oxygens (including phenoxy) is 3. The summed E-state index contributed by atoms with van der Waals surface area (Å²) in [6, 6.07) is 17.1. The molecule has 1 N–H and O–H groups in total. The summed E-state index contributed by atoms with van der Waals surface area (Å²) in [6.07, 6.45) is 0.634. The minimum Gasteiger partial charge on any atom is -0.497 e. The van der Waals surface area contributed by atoms with Gasteiger partial charge in [-0.3, -0.25) is 4.79 Å². The average molecular weight is 489 g/mol. The molecule has 4 aromatic rings. The van der Waals surface area contributed by atoms with Gasteiger partial charge in [-0.2, -0.15) is 5.10 Å². The highest BCUT2D eigenvalue weighted by molar-refractivity contribution is 5.94. The molecule has 0 fully saturated rings. The van der Waals surface area contributed by atoms with Crippen LogP contribution in [0.2, 0.25) is 0 Å². The van der Waals surface area contributed by atoms with Crippen LogP contribution in [0.5, 0.6) is 17.2 Å². The van der Waals surface area contributed by atoms with Gasteiger partial charge >= 0.3 is 0 Å². The van der Waals surface area contributed by atoms with Gasteiger partial charge in [-0.05, 0) is 42.3 Å². The van der Waals surface area contributed by atoms with Crippen LogP contribution < -0.4 is 19.5 Å². The van der Waals surface area contributed by atoms with Crippen LogP contribution in [0.15, 0.2) is 54.6 Å². The zero-order valence-corrected chi connectivity index (χ0v) is 21.6. The van der Waals surface area contributed by atoms with Crippen molar-refractivity contribution in [2.45, 2.75) is 32.6 Å². The van der Waals surface area contributed by atoms with E-state index in [1.54, 1.807) is 31.9 Å². The van der Waals surface area contributed by atoms with E-state index in [0.29, 0.717) is 41.5 Å². The maximum atomic E-state index is 13.4. The molecule has 8 nitrogen and oxygen atoms in total. The first-order valence-electron chi connectivity index (χ1n) is 11.8. The van der Waals surface area contributed by atoms with Gasteiger partial charge < -0.3 is 19.5 Å². The Morgan fingerprint density at radius 1 is 0.944 bits per heavy atom. The second kappa shape index (κ2) is 10.3. The predicted octanol–water partition coefficient (Wildman–Crippen LogP) is 4.69. The van der Waals surface area contributed by atoms with Crippen molar-refractivity contribution in [2.75, 3.05) is 27.9 Å². The number of fused-ring (bicyclic) bond motifs is 1. The van der Waals surface area contributed by atoms with Crippen molar-refractivity contribution in [3.05, 3.63) is 71.5 Å². The highest BCUT2D eigenvalue weighted by Crippen LogP contribution is 2.28. The number of carbonyl (C=O) groups excluding carboxylic acids is 1. The summed E-state index contributed by atoms with van der Waals surface area (Å²) < 4.78 is 17.7. The molecule has 0 unspecified atom stereocenters. The third kappa shape index (κ3) is 5.27. The average Bonchev–Trinajstić information content (AvgIpc) is 3.33. The fraction of sp³-hybridized carbons (Fsp3) is 0.321. The van der Waals surface area contributed by atoms with Crippen molar-refractivity contribution in [2.24, 2.45) is 0 Å². The summed E-state index contributed by atoms with van der Waals surface area (Å²) in [4.78, 5) is 18.2. The third-order valence-corrected chi connectivity index (χ3v) is 5.94. The molecule has 2 heterocycles. The molecule has 0 atom stereocenters. The van der Waals surface area contributed by atoms with Gasteiger partial charge in [0.1, 0.15) is 11.4 Å². The normalized spacial score (nSPS) is 11.4. The van der Waals surface area contributed by atoms with Crippen LogP contribution in [0.4, 0.5) is 0 Å². The van der Waals surface area contributed by atoms with Crippen molar-refractivity contribution in [1.29, 1.82) is 0 Å². The number of amides is 1. The standard InChI is InChI=1S/C28H32N4O4/c1-28(2,3)25-17-26-30-21(19-8-7-9-20(15-19)34-4)16-22(32(26)31-25)27(33)29-13-12-18-10-11-23(35-5)24(14-18)36-6/h7-11,14-17H,12-13H2,1-6H3,(H,29,33). The Kier molecular flexibility index (Phi) is 7.15. The lowest BCUT2D eigenvalue weighted by Gasteiger charge is -2.14. The van der Waals surface area contributed by atoms with Crippen molar-refractivity contribution in [3.63, 3.8) is 0 Å². The number of benzene rings is 2. The van der Waals surface area contributed by atoms with Gasteiger partial charge in [0.15, 0.2) is 17.1 Å². The van der Waals surface area contributed by atoms with Crippen molar-refractivity contribution in [3.8, 4) is 28.5 Å². The maximum Gasteiger partial charge on any atom is 0.270 e. The second-order valence-electron chi connectivity index (χ2n) is 9.50. The SMILES string of the molecule is COc1cccc(-c2cc(C(=O)NCCc3ccc(OC)c(OC)c3)n3nc(C(C)(C)C)cc3n2)c1. The highest BCUT2D eigenvalue weighted by Gasteiger charge is 2.22. The Morgan fingerprint density at radius 2 is 1.72 bits per heavy atom. The zero-order chi connectivity index (χ0) is 25.9. The number of carbonyl (C=O) groups is 1. The molecule has 0 spiro atoms. The smallest absolute Gasteiger partial charge is 0.270 e. The highest BCUT2D eigenvalue weighted by atomic mass is 16.5. The Labute approximate surface area is 211 Å². The number of methoxy groups -OCH3 is 3. The lowest BCUT2D eigenvalue weighted by atomic mass is 9.93. The molecular formula is C28H32N4O4. The first-order valence-corrected chi connectivity index (χ1v) is 11.8. The Bertz CT molecular complexity index is 1390. The number of hydrogen-bond donors (Lipinski definition) is 1. The molecule has 0 radical (unpaired) electrons. The molecule has 4 rings (SSSR count). The quantitative estimate of drug-likeness (QED) is 0.387. The van der Waals surface area contributed by atoms with E-state index in [4.69, 9.17) is 24.3 Å². The van der Waals surface area contributed by atoms with Crippen LogP contribution in [0.25, 0.3) is 16.9 Å². The summed E-state index contributed by atoms with van der Waals surface area (Å²) in [7, 11) is 4.83. The minimum atomic E-state index is -0.226. The number of rotatable bonds is 8. The fourth-order valence-corrected chi connectivity index (χ4v) is 3.88. The van der Waals surface area contributed by atoms with E-state index in [9.17, 15) is 4.79 Å². The number of hydrogen-bond acceptors (Lipinski definition) is 6. The summed E-state index contributed by atoms with van der Waals surface area (Å²) in [5.41, 5.74) is 4.26. The van der Waals surface area contributed by atoms with E-state index < -0.39 is 0 Å². The number of aromatic nitrogens is 3. The third-order valence-electron chi connectivity index (χ3n) is 5.94. The molecule has 0 aliphatic carbocycles. The van der Waals surface area contributed by atoms with E-state index in [1.807, 2.05) is 48.5 Å². The van der Waals surface area contributed by atoms with E-state index in [0.717, 1.165) is 22.6 Å². The monoisotopic (exact) mass is 488 g/mol. The Morgan fingerprint density at radius 3 is 2.42 bits per heavy atom. The van der Waals surface area contributed by atoms with Crippen molar-refractivity contribution < 1.29 is 19.0 Å². The zero-order valence-electron chi connectivity index (χ0n) is 21.6. The summed E-state index contributed by atoms with van der Waals surface area (Å²) >= 11 is 0. The predicted molar refractivity (Wildman–Crippen MR) is 139 cm³/mol. The lowest BCUT2D eigenvalue weighted by molar-refractivity contribution is 0.0946. The van der Waals surface area contributed by atoms with E-state index in [1.165, 1.54) is 0 Å².